The van der Waals surface area contributed by atoms with Crippen molar-refractivity contribution >= 4 is 17.7 Å². The maximum atomic E-state index is 12.0. The van der Waals surface area contributed by atoms with E-state index in [1.165, 1.54) is 6.08 Å². The van der Waals surface area contributed by atoms with Crippen molar-refractivity contribution in [2.45, 2.75) is 18.9 Å². The van der Waals surface area contributed by atoms with Crippen LogP contribution in [0.2, 0.25) is 0 Å². The molecule has 1 aliphatic rings. The van der Waals surface area contributed by atoms with E-state index < -0.39 is 0 Å². The van der Waals surface area contributed by atoms with Crippen LogP contribution in [-0.4, -0.2) is 37.0 Å². The fraction of sp³-hybridized carbons (Fsp3) is 0.286. The number of rotatable bonds is 5. The van der Waals surface area contributed by atoms with Crippen molar-refractivity contribution < 1.29 is 9.53 Å². The molecule has 4 nitrogen and oxygen atoms in total. The highest BCUT2D eigenvalue weighted by molar-refractivity contribution is 6.01. The monoisotopic (exact) mass is 336 g/mol. The van der Waals surface area contributed by atoms with Gasteiger partial charge in [0.1, 0.15) is 11.9 Å². The SMILES string of the molecule is CN1CCC(Oc2ccc(NC(=O)C=Cc3ccccc3)cc2)CC1. The summed E-state index contributed by atoms with van der Waals surface area (Å²) in [5, 5.41) is 2.86. The second-order valence-corrected chi connectivity index (χ2v) is 6.38. The minimum atomic E-state index is -0.146. The lowest BCUT2D eigenvalue weighted by Gasteiger charge is -2.29. The van der Waals surface area contributed by atoms with Crippen LogP contribution in [0, 0.1) is 0 Å². The first-order valence-electron chi connectivity index (χ1n) is 8.68. The molecule has 0 aliphatic carbocycles. The van der Waals surface area contributed by atoms with Gasteiger partial charge < -0.3 is 15.0 Å². The largest absolute Gasteiger partial charge is 0.490 e. The number of piperidine rings is 1. The molecule has 1 aliphatic heterocycles. The lowest BCUT2D eigenvalue weighted by atomic mass is 10.1. The van der Waals surface area contributed by atoms with Crippen molar-refractivity contribution in [3.63, 3.8) is 0 Å². The van der Waals surface area contributed by atoms with Gasteiger partial charge >= 0.3 is 0 Å². The molecule has 1 heterocycles. The summed E-state index contributed by atoms with van der Waals surface area (Å²) in [5.41, 5.74) is 1.76. The molecule has 0 unspecified atom stereocenters. The fourth-order valence-corrected chi connectivity index (χ4v) is 2.83. The average molecular weight is 336 g/mol. The standard InChI is InChI=1S/C21H24N2O2/c1-23-15-13-20(14-16-23)25-19-10-8-18(9-11-19)22-21(24)12-7-17-5-3-2-4-6-17/h2-12,20H,13-16H2,1H3,(H,22,24). The third-order valence-corrected chi connectivity index (χ3v) is 4.32. The smallest absolute Gasteiger partial charge is 0.248 e. The van der Waals surface area contributed by atoms with Gasteiger partial charge in [-0.05, 0) is 55.8 Å². The number of nitrogens with one attached hydrogen (secondary N) is 1. The fourth-order valence-electron chi connectivity index (χ4n) is 2.83. The Labute approximate surface area is 149 Å². The maximum Gasteiger partial charge on any atom is 0.248 e. The number of carbonyl (C=O) groups is 1. The number of nitrogens with zero attached hydrogens (tertiary/aromatic N) is 1. The topological polar surface area (TPSA) is 41.6 Å². The molecule has 3 rings (SSSR count). The van der Waals surface area contributed by atoms with E-state index in [0.717, 1.165) is 42.9 Å². The van der Waals surface area contributed by atoms with Crippen LogP contribution in [0.25, 0.3) is 6.08 Å². The van der Waals surface area contributed by atoms with E-state index in [-0.39, 0.29) is 12.0 Å². The van der Waals surface area contributed by atoms with Gasteiger partial charge in [0.25, 0.3) is 0 Å². The highest BCUT2D eigenvalue weighted by atomic mass is 16.5. The lowest BCUT2D eigenvalue weighted by molar-refractivity contribution is -0.111. The average Bonchev–Trinajstić information content (AvgIpc) is 2.64. The third-order valence-electron chi connectivity index (χ3n) is 4.32. The van der Waals surface area contributed by atoms with Gasteiger partial charge in [0.05, 0.1) is 0 Å². The molecule has 130 valence electrons. The highest BCUT2D eigenvalue weighted by Gasteiger charge is 2.17. The van der Waals surface area contributed by atoms with Crippen LogP contribution < -0.4 is 10.1 Å². The molecule has 0 aromatic heterocycles. The van der Waals surface area contributed by atoms with Gasteiger partial charge in [-0.15, -0.1) is 0 Å². The molecule has 0 atom stereocenters. The van der Waals surface area contributed by atoms with Crippen molar-refractivity contribution in [3.05, 3.63) is 66.2 Å². The van der Waals surface area contributed by atoms with E-state index in [1.54, 1.807) is 6.08 Å². The Bertz CT molecular complexity index is 702. The van der Waals surface area contributed by atoms with Crippen molar-refractivity contribution in [3.8, 4) is 5.75 Å². The van der Waals surface area contributed by atoms with Gasteiger partial charge in [0.15, 0.2) is 0 Å². The molecule has 25 heavy (non-hydrogen) atoms. The molecule has 1 N–H and O–H groups in total. The summed E-state index contributed by atoms with van der Waals surface area (Å²) >= 11 is 0. The van der Waals surface area contributed by atoms with E-state index in [2.05, 4.69) is 17.3 Å². The molecule has 2 aromatic carbocycles. The summed E-state index contributed by atoms with van der Waals surface area (Å²) in [6, 6.07) is 17.3. The molecule has 2 aromatic rings. The Morgan fingerprint density at radius 2 is 1.76 bits per heavy atom. The Balaban J connectivity index is 1.50. The van der Waals surface area contributed by atoms with E-state index in [9.17, 15) is 4.79 Å². The Kier molecular flexibility index (Phi) is 5.86. The first-order valence-corrected chi connectivity index (χ1v) is 8.68. The maximum absolute atomic E-state index is 12.0. The van der Waals surface area contributed by atoms with Crippen molar-refractivity contribution in [1.82, 2.24) is 4.90 Å². The predicted octanol–water partition coefficient (Wildman–Crippen LogP) is 3.81. The van der Waals surface area contributed by atoms with Gasteiger partial charge in [-0.3, -0.25) is 4.79 Å². The number of ether oxygens (including phenoxy) is 1. The van der Waals surface area contributed by atoms with Crippen molar-refractivity contribution in [2.24, 2.45) is 0 Å². The summed E-state index contributed by atoms with van der Waals surface area (Å²) in [7, 11) is 2.14. The predicted molar refractivity (Wildman–Crippen MR) is 102 cm³/mol. The number of carbonyl (C=O) groups excluding carboxylic acids is 1. The van der Waals surface area contributed by atoms with Gasteiger partial charge in [0.2, 0.25) is 5.91 Å². The van der Waals surface area contributed by atoms with Crippen LogP contribution in [-0.2, 0) is 4.79 Å². The van der Waals surface area contributed by atoms with Crippen LogP contribution >= 0.6 is 0 Å². The molecule has 0 bridgehead atoms. The van der Waals surface area contributed by atoms with Gasteiger partial charge in [-0.1, -0.05) is 30.3 Å². The Hall–Kier alpha value is -2.59. The molecule has 1 amide bonds. The first-order chi connectivity index (χ1) is 12.2. The Morgan fingerprint density at radius 1 is 1.08 bits per heavy atom. The molecule has 1 fully saturated rings. The molecule has 0 radical (unpaired) electrons. The minimum absolute atomic E-state index is 0.146. The number of likely N-dealkylation sites (tertiary alicyclic amines) is 1. The number of benzene rings is 2. The summed E-state index contributed by atoms with van der Waals surface area (Å²) in [6.45, 7) is 2.15. The summed E-state index contributed by atoms with van der Waals surface area (Å²) < 4.78 is 6.02. The van der Waals surface area contributed by atoms with Crippen molar-refractivity contribution in [1.29, 1.82) is 0 Å². The van der Waals surface area contributed by atoms with E-state index in [0.29, 0.717) is 0 Å². The zero-order valence-corrected chi connectivity index (χ0v) is 14.5. The number of hydrogen-bond donors (Lipinski definition) is 1. The third kappa shape index (κ3) is 5.47. The Morgan fingerprint density at radius 3 is 2.44 bits per heavy atom. The molecule has 4 heteroatoms. The van der Waals surface area contributed by atoms with E-state index >= 15 is 0 Å². The second-order valence-electron chi connectivity index (χ2n) is 6.38. The lowest BCUT2D eigenvalue weighted by Crippen LogP contribution is -2.35. The van der Waals surface area contributed by atoms with Crippen LogP contribution in [0.4, 0.5) is 5.69 Å². The van der Waals surface area contributed by atoms with Gasteiger partial charge in [-0.25, -0.2) is 0 Å². The highest BCUT2D eigenvalue weighted by Crippen LogP contribution is 2.20. The number of amides is 1. The quantitative estimate of drug-likeness (QED) is 0.844. The molecule has 0 saturated carbocycles. The van der Waals surface area contributed by atoms with E-state index in [4.69, 9.17) is 4.74 Å². The summed E-state index contributed by atoms with van der Waals surface area (Å²) in [6.07, 6.45) is 5.73. The van der Waals surface area contributed by atoms with Gasteiger partial charge in [0, 0.05) is 24.9 Å². The molecular weight excluding hydrogens is 312 g/mol. The van der Waals surface area contributed by atoms with E-state index in [1.807, 2.05) is 54.6 Å². The van der Waals surface area contributed by atoms with Crippen LogP contribution in [0.15, 0.2) is 60.7 Å². The molecule has 0 spiro atoms. The normalized spacial score (nSPS) is 16.0. The number of anilines is 1. The van der Waals surface area contributed by atoms with Gasteiger partial charge in [-0.2, -0.15) is 0 Å². The summed E-state index contributed by atoms with van der Waals surface area (Å²) in [5.74, 6) is 0.709. The van der Waals surface area contributed by atoms with Crippen molar-refractivity contribution in [2.75, 3.05) is 25.5 Å². The number of hydrogen-bond acceptors (Lipinski definition) is 3. The summed E-state index contributed by atoms with van der Waals surface area (Å²) in [4.78, 5) is 14.3. The second kappa shape index (κ2) is 8.49. The van der Waals surface area contributed by atoms with Crippen LogP contribution in [0.3, 0.4) is 0 Å². The minimum Gasteiger partial charge on any atom is -0.490 e. The molecule has 1 saturated heterocycles. The zero-order chi connectivity index (χ0) is 17.5. The van der Waals surface area contributed by atoms with Crippen LogP contribution in [0.5, 0.6) is 5.75 Å². The molecular formula is C21H24N2O2. The first kappa shape index (κ1) is 17.2. The zero-order valence-electron chi connectivity index (χ0n) is 14.5. The van der Waals surface area contributed by atoms with Crippen LogP contribution in [0.1, 0.15) is 18.4 Å².